The molecule has 0 aromatic heterocycles. The second kappa shape index (κ2) is 8.77. The van der Waals surface area contributed by atoms with E-state index in [0.29, 0.717) is 6.61 Å². The molecule has 0 saturated heterocycles. The summed E-state index contributed by atoms with van der Waals surface area (Å²) in [7, 11) is 3.48. The molecule has 1 saturated carbocycles. The molecule has 1 atom stereocenters. The SMILES string of the molecule is CN=C(NCCOCC1CC1)NC(C)c1cc(C)ccc1OC. The van der Waals surface area contributed by atoms with Crippen molar-refractivity contribution < 1.29 is 9.47 Å². The molecule has 1 unspecified atom stereocenters. The number of benzene rings is 1. The number of aliphatic imine (C=N–C) groups is 1. The van der Waals surface area contributed by atoms with Gasteiger partial charge in [0.05, 0.1) is 19.8 Å². The van der Waals surface area contributed by atoms with E-state index in [1.165, 1.54) is 18.4 Å². The molecule has 0 radical (unpaired) electrons. The monoisotopic (exact) mass is 319 g/mol. The highest BCUT2D eigenvalue weighted by atomic mass is 16.5. The average molecular weight is 319 g/mol. The Bertz CT molecular complexity index is 527. The molecule has 1 aromatic carbocycles. The van der Waals surface area contributed by atoms with Gasteiger partial charge in [-0.05, 0) is 38.7 Å². The van der Waals surface area contributed by atoms with Crippen molar-refractivity contribution in [1.82, 2.24) is 10.6 Å². The third kappa shape index (κ3) is 5.75. The molecule has 128 valence electrons. The molecule has 2 rings (SSSR count). The summed E-state index contributed by atoms with van der Waals surface area (Å²) >= 11 is 0. The zero-order valence-electron chi connectivity index (χ0n) is 14.7. The summed E-state index contributed by atoms with van der Waals surface area (Å²) in [6.07, 6.45) is 2.65. The quantitative estimate of drug-likeness (QED) is 0.439. The van der Waals surface area contributed by atoms with E-state index < -0.39 is 0 Å². The van der Waals surface area contributed by atoms with E-state index in [1.807, 2.05) is 6.07 Å². The highest BCUT2D eigenvalue weighted by Gasteiger charge is 2.20. The van der Waals surface area contributed by atoms with E-state index in [0.717, 1.165) is 36.3 Å². The van der Waals surface area contributed by atoms with Gasteiger partial charge < -0.3 is 20.1 Å². The highest BCUT2D eigenvalue weighted by molar-refractivity contribution is 5.80. The van der Waals surface area contributed by atoms with Gasteiger partial charge in [0.1, 0.15) is 5.75 Å². The fourth-order valence-corrected chi connectivity index (χ4v) is 2.45. The minimum Gasteiger partial charge on any atom is -0.496 e. The van der Waals surface area contributed by atoms with Crippen LogP contribution in [-0.4, -0.2) is 39.9 Å². The number of hydrogen-bond donors (Lipinski definition) is 2. The van der Waals surface area contributed by atoms with Crippen LogP contribution in [0.1, 0.15) is 36.9 Å². The van der Waals surface area contributed by atoms with Crippen molar-refractivity contribution in [2.45, 2.75) is 32.7 Å². The van der Waals surface area contributed by atoms with Gasteiger partial charge in [0.15, 0.2) is 5.96 Å². The molecule has 0 aliphatic heterocycles. The van der Waals surface area contributed by atoms with E-state index in [1.54, 1.807) is 14.2 Å². The lowest BCUT2D eigenvalue weighted by Crippen LogP contribution is -2.40. The van der Waals surface area contributed by atoms with E-state index in [9.17, 15) is 0 Å². The van der Waals surface area contributed by atoms with Crippen molar-refractivity contribution in [3.8, 4) is 5.75 Å². The first-order valence-corrected chi connectivity index (χ1v) is 8.33. The number of guanidine groups is 1. The van der Waals surface area contributed by atoms with Crippen molar-refractivity contribution in [2.24, 2.45) is 10.9 Å². The van der Waals surface area contributed by atoms with Crippen molar-refractivity contribution >= 4 is 5.96 Å². The number of methoxy groups -OCH3 is 1. The van der Waals surface area contributed by atoms with Crippen LogP contribution in [0.5, 0.6) is 5.75 Å². The summed E-state index contributed by atoms with van der Waals surface area (Å²) < 4.78 is 11.1. The van der Waals surface area contributed by atoms with Gasteiger partial charge in [-0.25, -0.2) is 0 Å². The first-order valence-electron chi connectivity index (χ1n) is 8.33. The van der Waals surface area contributed by atoms with Crippen molar-refractivity contribution in [2.75, 3.05) is 33.9 Å². The summed E-state index contributed by atoms with van der Waals surface area (Å²) in [5.41, 5.74) is 2.34. The van der Waals surface area contributed by atoms with E-state index >= 15 is 0 Å². The molecule has 1 aliphatic carbocycles. The van der Waals surface area contributed by atoms with Crippen LogP contribution >= 0.6 is 0 Å². The molecule has 0 heterocycles. The Morgan fingerprint density at radius 3 is 2.83 bits per heavy atom. The molecule has 1 fully saturated rings. The van der Waals surface area contributed by atoms with Gasteiger partial charge in [-0.15, -0.1) is 0 Å². The molecular formula is C18H29N3O2. The predicted molar refractivity (Wildman–Crippen MR) is 94.2 cm³/mol. The van der Waals surface area contributed by atoms with E-state index in [-0.39, 0.29) is 6.04 Å². The number of hydrogen-bond acceptors (Lipinski definition) is 3. The van der Waals surface area contributed by atoms with Crippen LogP contribution in [0, 0.1) is 12.8 Å². The fourth-order valence-electron chi connectivity index (χ4n) is 2.45. The van der Waals surface area contributed by atoms with E-state index in [4.69, 9.17) is 9.47 Å². The molecule has 0 spiro atoms. The maximum Gasteiger partial charge on any atom is 0.191 e. The lowest BCUT2D eigenvalue weighted by Gasteiger charge is -2.20. The van der Waals surface area contributed by atoms with Gasteiger partial charge in [-0.2, -0.15) is 0 Å². The molecule has 0 amide bonds. The molecule has 1 aromatic rings. The smallest absolute Gasteiger partial charge is 0.191 e. The largest absolute Gasteiger partial charge is 0.496 e. The van der Waals surface area contributed by atoms with Gasteiger partial charge in [0.2, 0.25) is 0 Å². The van der Waals surface area contributed by atoms with Crippen LogP contribution in [0.3, 0.4) is 0 Å². The summed E-state index contributed by atoms with van der Waals surface area (Å²) in [5, 5.41) is 6.69. The normalized spacial score (nSPS) is 16.1. The maximum absolute atomic E-state index is 5.63. The molecule has 5 nitrogen and oxygen atoms in total. The number of nitrogens with zero attached hydrogens (tertiary/aromatic N) is 1. The van der Waals surface area contributed by atoms with Crippen LogP contribution in [0.15, 0.2) is 23.2 Å². The van der Waals surface area contributed by atoms with Crippen molar-refractivity contribution in [3.05, 3.63) is 29.3 Å². The second-order valence-electron chi connectivity index (χ2n) is 6.13. The topological polar surface area (TPSA) is 54.9 Å². The minimum absolute atomic E-state index is 0.100. The number of rotatable bonds is 8. The Morgan fingerprint density at radius 1 is 1.39 bits per heavy atom. The maximum atomic E-state index is 5.63. The third-order valence-electron chi connectivity index (χ3n) is 4.02. The minimum atomic E-state index is 0.100. The Labute approximate surface area is 139 Å². The zero-order chi connectivity index (χ0) is 16.7. The van der Waals surface area contributed by atoms with Gasteiger partial charge in [-0.1, -0.05) is 17.7 Å². The van der Waals surface area contributed by atoms with Crippen LogP contribution in [0.25, 0.3) is 0 Å². The molecule has 1 aliphatic rings. The van der Waals surface area contributed by atoms with Gasteiger partial charge in [-0.3, -0.25) is 4.99 Å². The average Bonchev–Trinajstić information content (AvgIpc) is 3.37. The Kier molecular flexibility index (Phi) is 6.71. The van der Waals surface area contributed by atoms with Crippen LogP contribution < -0.4 is 15.4 Å². The van der Waals surface area contributed by atoms with Crippen molar-refractivity contribution in [3.63, 3.8) is 0 Å². The second-order valence-corrected chi connectivity index (χ2v) is 6.13. The third-order valence-corrected chi connectivity index (χ3v) is 4.02. The van der Waals surface area contributed by atoms with Crippen LogP contribution in [0.4, 0.5) is 0 Å². The first kappa shape index (κ1) is 17.6. The molecule has 0 bridgehead atoms. The van der Waals surface area contributed by atoms with Crippen LogP contribution in [-0.2, 0) is 4.74 Å². The number of ether oxygens (including phenoxy) is 2. The van der Waals surface area contributed by atoms with Gasteiger partial charge in [0, 0.05) is 25.8 Å². The number of aryl methyl sites for hydroxylation is 1. The standard InChI is InChI=1S/C18H29N3O2/c1-13-5-8-17(22-4)16(11-13)14(2)21-18(19-3)20-9-10-23-12-15-6-7-15/h5,8,11,14-15H,6-7,9-10,12H2,1-4H3,(H2,19,20,21). The molecule has 23 heavy (non-hydrogen) atoms. The fraction of sp³-hybridized carbons (Fsp3) is 0.611. The Hall–Kier alpha value is -1.75. The lowest BCUT2D eigenvalue weighted by molar-refractivity contribution is 0.129. The Morgan fingerprint density at radius 2 is 2.17 bits per heavy atom. The van der Waals surface area contributed by atoms with Gasteiger partial charge >= 0.3 is 0 Å². The molecule has 5 heteroatoms. The van der Waals surface area contributed by atoms with Crippen molar-refractivity contribution in [1.29, 1.82) is 0 Å². The first-order chi connectivity index (χ1) is 11.1. The summed E-state index contributed by atoms with van der Waals surface area (Å²) in [6, 6.07) is 6.30. The molecule has 2 N–H and O–H groups in total. The molecular weight excluding hydrogens is 290 g/mol. The zero-order valence-corrected chi connectivity index (χ0v) is 14.7. The summed E-state index contributed by atoms with van der Waals surface area (Å²) in [5.74, 6) is 2.47. The Balaban J connectivity index is 1.81. The van der Waals surface area contributed by atoms with Crippen LogP contribution in [0.2, 0.25) is 0 Å². The summed E-state index contributed by atoms with van der Waals surface area (Å²) in [4.78, 5) is 4.27. The van der Waals surface area contributed by atoms with E-state index in [2.05, 4.69) is 41.6 Å². The highest BCUT2D eigenvalue weighted by Crippen LogP contribution is 2.28. The lowest BCUT2D eigenvalue weighted by atomic mass is 10.0. The number of nitrogens with one attached hydrogen (secondary N) is 2. The summed E-state index contributed by atoms with van der Waals surface area (Å²) in [6.45, 7) is 6.54. The van der Waals surface area contributed by atoms with Gasteiger partial charge in [0.25, 0.3) is 0 Å². The predicted octanol–water partition coefficient (Wildman–Crippen LogP) is 2.66.